The minimum Gasteiger partial charge on any atom is -0.432 e. The number of ether oxygens (including phenoxy) is 1. The Hall–Kier alpha value is -3.49. The molecule has 1 saturated carbocycles. The number of nitrogens with zero attached hydrogens (tertiary/aromatic N) is 5. The lowest BCUT2D eigenvalue weighted by molar-refractivity contribution is 0.122. The average Bonchev–Trinajstić information content (AvgIpc) is 3.51. The van der Waals surface area contributed by atoms with Gasteiger partial charge in [-0.25, -0.2) is 15.0 Å². The lowest BCUT2D eigenvalue weighted by Crippen LogP contribution is -2.37. The summed E-state index contributed by atoms with van der Waals surface area (Å²) in [4.78, 5) is 22.7. The number of nitrogens with one attached hydrogen (secondary N) is 1. The second-order valence-corrected chi connectivity index (χ2v) is 9.34. The van der Waals surface area contributed by atoms with Crippen LogP contribution in [0.25, 0.3) is 44.5 Å². The van der Waals surface area contributed by atoms with Gasteiger partial charge in [0.15, 0.2) is 17.2 Å². The number of morpholine rings is 1. The first-order valence-corrected chi connectivity index (χ1v) is 11.9. The average molecular weight is 455 g/mol. The van der Waals surface area contributed by atoms with Crippen molar-refractivity contribution in [1.29, 1.82) is 0 Å². The van der Waals surface area contributed by atoms with Gasteiger partial charge in [0.2, 0.25) is 5.71 Å². The summed E-state index contributed by atoms with van der Waals surface area (Å²) in [6.45, 7) is 3.75. The maximum absolute atomic E-state index is 6.28. The standard InChI is InChI=1S/C26H26N6O2/c1-31(17-5-6-17)15-16-13-20-22-23(34-26(20)28-14-16)25(32-9-11-33-12-10-32)30-24(29-22)19-3-2-4-21-18(19)7-8-27-21/h2-4,7-8,13-14,17,27H,5-6,9-12,15H2,1H3. The molecule has 8 heteroatoms. The Kier molecular flexibility index (Phi) is 4.56. The van der Waals surface area contributed by atoms with Gasteiger partial charge in [-0.1, -0.05) is 12.1 Å². The van der Waals surface area contributed by atoms with Gasteiger partial charge < -0.3 is 19.0 Å². The van der Waals surface area contributed by atoms with Crippen molar-refractivity contribution >= 4 is 38.9 Å². The van der Waals surface area contributed by atoms with Crippen molar-refractivity contribution in [1.82, 2.24) is 24.8 Å². The van der Waals surface area contributed by atoms with Gasteiger partial charge in [-0.2, -0.15) is 0 Å². The number of hydrogen-bond donors (Lipinski definition) is 1. The van der Waals surface area contributed by atoms with Crippen LogP contribution in [0.3, 0.4) is 0 Å². The maximum Gasteiger partial charge on any atom is 0.229 e. The van der Waals surface area contributed by atoms with E-state index in [1.165, 1.54) is 18.4 Å². The molecule has 1 aromatic carbocycles. The first-order valence-electron chi connectivity index (χ1n) is 11.9. The molecule has 0 amide bonds. The van der Waals surface area contributed by atoms with E-state index in [1.807, 2.05) is 18.5 Å². The predicted octanol–water partition coefficient (Wildman–Crippen LogP) is 4.35. The molecule has 0 atom stereocenters. The Morgan fingerprint density at radius 3 is 2.85 bits per heavy atom. The monoisotopic (exact) mass is 454 g/mol. The summed E-state index contributed by atoms with van der Waals surface area (Å²) in [7, 11) is 2.18. The van der Waals surface area contributed by atoms with Crippen LogP contribution in [0.5, 0.6) is 0 Å². The highest BCUT2D eigenvalue weighted by molar-refractivity contribution is 6.06. The molecule has 1 aliphatic heterocycles. The Bertz CT molecular complexity index is 1510. The predicted molar refractivity (Wildman–Crippen MR) is 132 cm³/mol. The second-order valence-electron chi connectivity index (χ2n) is 9.34. The minimum atomic E-state index is 0.605. The molecule has 7 rings (SSSR count). The van der Waals surface area contributed by atoms with E-state index >= 15 is 0 Å². The van der Waals surface area contributed by atoms with Crippen LogP contribution in [0.4, 0.5) is 5.82 Å². The van der Waals surface area contributed by atoms with E-state index in [0.717, 1.165) is 52.8 Å². The molecule has 2 fully saturated rings. The number of fused-ring (bicyclic) bond motifs is 4. The molecule has 1 aliphatic carbocycles. The highest BCUT2D eigenvalue weighted by atomic mass is 16.5. The molecule has 0 bridgehead atoms. The molecule has 0 unspecified atom stereocenters. The van der Waals surface area contributed by atoms with Crippen molar-refractivity contribution in [3.05, 3.63) is 48.3 Å². The van der Waals surface area contributed by atoms with Gasteiger partial charge in [0.1, 0.15) is 5.52 Å². The van der Waals surface area contributed by atoms with Crippen LogP contribution in [-0.4, -0.2) is 64.2 Å². The largest absolute Gasteiger partial charge is 0.432 e. The number of furan rings is 1. The smallest absolute Gasteiger partial charge is 0.229 e. The summed E-state index contributed by atoms with van der Waals surface area (Å²) in [6.07, 6.45) is 6.44. The van der Waals surface area contributed by atoms with Crippen LogP contribution < -0.4 is 4.90 Å². The molecule has 5 heterocycles. The molecule has 34 heavy (non-hydrogen) atoms. The number of anilines is 1. The molecule has 4 aromatic heterocycles. The maximum atomic E-state index is 6.28. The summed E-state index contributed by atoms with van der Waals surface area (Å²) >= 11 is 0. The molecule has 172 valence electrons. The summed E-state index contributed by atoms with van der Waals surface area (Å²) in [5.41, 5.74) is 5.36. The van der Waals surface area contributed by atoms with E-state index in [0.29, 0.717) is 36.4 Å². The third-order valence-electron chi connectivity index (χ3n) is 6.96. The Morgan fingerprint density at radius 1 is 1.12 bits per heavy atom. The fourth-order valence-corrected chi connectivity index (χ4v) is 4.97. The Balaban J connectivity index is 1.43. The number of benzene rings is 1. The number of hydrogen-bond acceptors (Lipinski definition) is 7. The van der Waals surface area contributed by atoms with Crippen molar-refractivity contribution in [2.75, 3.05) is 38.3 Å². The van der Waals surface area contributed by atoms with E-state index in [1.54, 1.807) is 0 Å². The van der Waals surface area contributed by atoms with Gasteiger partial charge >= 0.3 is 0 Å². The van der Waals surface area contributed by atoms with E-state index in [9.17, 15) is 0 Å². The zero-order chi connectivity index (χ0) is 22.6. The van der Waals surface area contributed by atoms with Crippen LogP contribution in [0.1, 0.15) is 18.4 Å². The van der Waals surface area contributed by atoms with E-state index < -0.39 is 0 Å². The third kappa shape index (κ3) is 3.33. The van der Waals surface area contributed by atoms with Crippen molar-refractivity contribution < 1.29 is 9.15 Å². The van der Waals surface area contributed by atoms with Gasteiger partial charge in [0.25, 0.3) is 0 Å². The lowest BCUT2D eigenvalue weighted by Gasteiger charge is -2.27. The molecular weight excluding hydrogens is 428 g/mol. The molecule has 8 nitrogen and oxygen atoms in total. The minimum absolute atomic E-state index is 0.605. The summed E-state index contributed by atoms with van der Waals surface area (Å²) in [6, 6.07) is 11.1. The Morgan fingerprint density at radius 2 is 2.00 bits per heavy atom. The first kappa shape index (κ1) is 19.9. The van der Waals surface area contributed by atoms with Gasteiger partial charge in [-0.15, -0.1) is 0 Å². The fraction of sp³-hybridized carbons (Fsp3) is 0.346. The van der Waals surface area contributed by atoms with Gasteiger partial charge in [0, 0.05) is 54.5 Å². The first-order chi connectivity index (χ1) is 16.7. The number of aromatic nitrogens is 4. The summed E-state index contributed by atoms with van der Waals surface area (Å²) in [5, 5.41) is 2.04. The van der Waals surface area contributed by atoms with E-state index in [4.69, 9.17) is 19.1 Å². The Labute approximate surface area is 196 Å². The van der Waals surface area contributed by atoms with E-state index in [-0.39, 0.29) is 0 Å². The summed E-state index contributed by atoms with van der Waals surface area (Å²) < 4.78 is 11.9. The van der Waals surface area contributed by atoms with Crippen molar-refractivity contribution in [2.24, 2.45) is 0 Å². The van der Waals surface area contributed by atoms with Gasteiger partial charge in [-0.3, -0.25) is 4.90 Å². The van der Waals surface area contributed by atoms with E-state index in [2.05, 4.69) is 51.1 Å². The molecule has 0 spiro atoms. The zero-order valence-electron chi connectivity index (χ0n) is 19.1. The highest BCUT2D eigenvalue weighted by Crippen LogP contribution is 2.36. The third-order valence-corrected chi connectivity index (χ3v) is 6.96. The number of pyridine rings is 1. The lowest BCUT2D eigenvalue weighted by atomic mass is 10.1. The van der Waals surface area contributed by atoms with Crippen molar-refractivity contribution in [3.8, 4) is 11.4 Å². The fourth-order valence-electron chi connectivity index (χ4n) is 4.97. The SMILES string of the molecule is CN(Cc1cnc2oc3c(N4CCOCC4)nc(-c4cccc5[nH]ccc45)nc3c2c1)C1CC1. The summed E-state index contributed by atoms with van der Waals surface area (Å²) in [5.74, 6) is 1.51. The molecule has 5 aromatic rings. The zero-order valence-corrected chi connectivity index (χ0v) is 19.1. The van der Waals surface area contributed by atoms with Crippen LogP contribution in [0, 0.1) is 0 Å². The van der Waals surface area contributed by atoms with Crippen LogP contribution in [0.2, 0.25) is 0 Å². The van der Waals surface area contributed by atoms with Crippen LogP contribution in [-0.2, 0) is 11.3 Å². The van der Waals surface area contributed by atoms with Gasteiger partial charge in [0.05, 0.1) is 18.6 Å². The quantitative estimate of drug-likeness (QED) is 0.423. The van der Waals surface area contributed by atoms with Gasteiger partial charge in [-0.05, 0) is 43.7 Å². The topological polar surface area (TPSA) is 83.3 Å². The number of H-pyrrole nitrogens is 1. The highest BCUT2D eigenvalue weighted by Gasteiger charge is 2.27. The number of aromatic amines is 1. The molecular formula is C26H26N6O2. The van der Waals surface area contributed by atoms with Crippen LogP contribution in [0.15, 0.2) is 47.1 Å². The molecule has 0 radical (unpaired) electrons. The number of rotatable bonds is 5. The second kappa shape index (κ2) is 7.78. The normalized spacial score (nSPS) is 16.9. The van der Waals surface area contributed by atoms with Crippen molar-refractivity contribution in [2.45, 2.75) is 25.4 Å². The van der Waals surface area contributed by atoms with Crippen molar-refractivity contribution in [3.63, 3.8) is 0 Å². The molecule has 2 aliphatic rings. The molecule has 1 saturated heterocycles. The molecule has 1 N–H and O–H groups in total. The van der Waals surface area contributed by atoms with Crippen LogP contribution >= 0.6 is 0 Å².